The lowest BCUT2D eigenvalue weighted by molar-refractivity contribution is -0.116. The van der Waals surface area contributed by atoms with Gasteiger partial charge in [-0.15, -0.1) is 10.2 Å². The predicted octanol–water partition coefficient (Wildman–Crippen LogP) is 2.10. The highest BCUT2D eigenvalue weighted by molar-refractivity contribution is 5.93. The van der Waals surface area contributed by atoms with Gasteiger partial charge in [-0.1, -0.05) is 0 Å². The second-order valence-electron chi connectivity index (χ2n) is 5.91. The molecule has 0 atom stereocenters. The molecule has 0 bridgehead atoms. The summed E-state index contributed by atoms with van der Waals surface area (Å²) < 4.78 is 6.28. The fourth-order valence-electron chi connectivity index (χ4n) is 2.82. The van der Waals surface area contributed by atoms with Crippen LogP contribution in [0, 0.1) is 13.8 Å². The van der Waals surface area contributed by atoms with Crippen LogP contribution < -0.4 is 5.32 Å². The summed E-state index contributed by atoms with van der Waals surface area (Å²) in [5.74, 6) is -0.527. The molecular formula is C18H19N5O3. The fourth-order valence-corrected chi connectivity index (χ4v) is 2.82. The Morgan fingerprint density at radius 3 is 2.62 bits per heavy atom. The first-order valence-electron chi connectivity index (χ1n) is 8.14. The van der Waals surface area contributed by atoms with Crippen molar-refractivity contribution in [1.29, 1.82) is 0 Å². The van der Waals surface area contributed by atoms with Gasteiger partial charge in [0, 0.05) is 17.7 Å². The van der Waals surface area contributed by atoms with Gasteiger partial charge in [0.1, 0.15) is 6.33 Å². The number of rotatable bonds is 5. The molecule has 0 aliphatic carbocycles. The van der Waals surface area contributed by atoms with E-state index in [0.717, 1.165) is 16.8 Å². The van der Waals surface area contributed by atoms with Crippen molar-refractivity contribution in [2.24, 2.45) is 0 Å². The van der Waals surface area contributed by atoms with Crippen LogP contribution in [0.2, 0.25) is 0 Å². The van der Waals surface area contributed by atoms with Gasteiger partial charge in [-0.2, -0.15) is 5.10 Å². The zero-order valence-electron chi connectivity index (χ0n) is 14.8. The molecule has 2 heterocycles. The van der Waals surface area contributed by atoms with Crippen LogP contribution in [-0.4, -0.2) is 38.8 Å². The lowest BCUT2D eigenvalue weighted by atomic mass is 10.0. The number of nitrogens with zero attached hydrogens (tertiary/aromatic N) is 4. The molecule has 0 radical (unpaired) electrons. The number of hydrogen-bond donors (Lipinski definition) is 1. The van der Waals surface area contributed by atoms with E-state index in [9.17, 15) is 9.59 Å². The van der Waals surface area contributed by atoms with Crippen LogP contribution in [0.25, 0.3) is 5.65 Å². The third-order valence-electron chi connectivity index (χ3n) is 4.20. The van der Waals surface area contributed by atoms with E-state index in [-0.39, 0.29) is 5.91 Å². The topological polar surface area (TPSA) is 98.5 Å². The van der Waals surface area contributed by atoms with E-state index in [1.807, 2.05) is 13.8 Å². The van der Waals surface area contributed by atoms with Gasteiger partial charge in [0.25, 0.3) is 0 Å². The van der Waals surface area contributed by atoms with Crippen LogP contribution >= 0.6 is 0 Å². The molecule has 3 aromatic rings. The highest BCUT2D eigenvalue weighted by atomic mass is 16.5. The van der Waals surface area contributed by atoms with Crippen molar-refractivity contribution >= 4 is 23.2 Å². The molecule has 2 aromatic heterocycles. The maximum absolute atomic E-state index is 12.2. The molecule has 3 rings (SSSR count). The van der Waals surface area contributed by atoms with Crippen molar-refractivity contribution in [3.8, 4) is 0 Å². The van der Waals surface area contributed by atoms with Gasteiger partial charge in [-0.05, 0) is 50.1 Å². The third kappa shape index (κ3) is 3.53. The Morgan fingerprint density at radius 2 is 1.92 bits per heavy atom. The smallest absolute Gasteiger partial charge is 0.337 e. The number of anilines is 1. The summed E-state index contributed by atoms with van der Waals surface area (Å²) in [5, 5.41) is 15.1. The van der Waals surface area contributed by atoms with Gasteiger partial charge in [0.2, 0.25) is 5.91 Å². The van der Waals surface area contributed by atoms with E-state index >= 15 is 0 Å². The largest absolute Gasteiger partial charge is 0.465 e. The van der Waals surface area contributed by atoms with E-state index < -0.39 is 5.97 Å². The van der Waals surface area contributed by atoms with Crippen LogP contribution in [0.15, 0.2) is 30.6 Å². The van der Waals surface area contributed by atoms with Gasteiger partial charge in [0.05, 0.1) is 18.4 Å². The Bertz CT molecular complexity index is 963. The van der Waals surface area contributed by atoms with E-state index in [4.69, 9.17) is 0 Å². The average Bonchev–Trinajstić information content (AvgIpc) is 3.10. The maximum atomic E-state index is 12.2. The van der Waals surface area contributed by atoms with Crippen molar-refractivity contribution < 1.29 is 14.3 Å². The molecule has 1 N–H and O–H groups in total. The number of nitrogens with one attached hydrogen (secondary N) is 1. The monoisotopic (exact) mass is 353 g/mol. The molecule has 26 heavy (non-hydrogen) atoms. The summed E-state index contributed by atoms with van der Waals surface area (Å²) in [4.78, 5) is 23.7. The number of hydrogen-bond acceptors (Lipinski definition) is 6. The summed E-state index contributed by atoms with van der Waals surface area (Å²) in [6.45, 7) is 3.86. The van der Waals surface area contributed by atoms with Crippen LogP contribution in [0.3, 0.4) is 0 Å². The molecule has 0 saturated heterocycles. The zero-order valence-corrected chi connectivity index (χ0v) is 14.8. The van der Waals surface area contributed by atoms with Crippen LogP contribution in [0.5, 0.6) is 0 Å². The number of amides is 1. The van der Waals surface area contributed by atoms with Crippen molar-refractivity contribution in [1.82, 2.24) is 19.8 Å². The zero-order chi connectivity index (χ0) is 18.7. The number of benzene rings is 1. The maximum Gasteiger partial charge on any atom is 0.337 e. The Labute approximate surface area is 150 Å². The first-order valence-corrected chi connectivity index (χ1v) is 8.14. The normalized spacial score (nSPS) is 10.7. The van der Waals surface area contributed by atoms with Crippen LogP contribution in [0.1, 0.15) is 33.6 Å². The molecule has 0 aliphatic heterocycles. The molecule has 134 valence electrons. The van der Waals surface area contributed by atoms with Crippen molar-refractivity contribution in [3.05, 3.63) is 53.0 Å². The molecule has 0 saturated carbocycles. The quantitative estimate of drug-likeness (QED) is 0.705. The standard InChI is InChI=1S/C18H19N5O3/c1-11-15(12(2)22-23-10-19-21-17(11)23)8-9-16(24)20-14-6-4-13(5-7-14)18(25)26-3/h4-7,10H,8-9H2,1-3H3,(H,20,24). The first-order chi connectivity index (χ1) is 12.5. The Balaban J connectivity index is 1.65. The number of carbonyl (C=O) groups is 2. The molecule has 1 aromatic carbocycles. The Kier molecular flexibility index (Phi) is 4.92. The number of aryl methyl sites for hydroxylation is 2. The minimum atomic E-state index is -0.412. The Morgan fingerprint density at radius 1 is 1.19 bits per heavy atom. The molecule has 0 spiro atoms. The molecule has 8 heteroatoms. The summed E-state index contributed by atoms with van der Waals surface area (Å²) in [7, 11) is 1.33. The van der Waals surface area contributed by atoms with Gasteiger partial charge < -0.3 is 10.1 Å². The van der Waals surface area contributed by atoms with Crippen molar-refractivity contribution in [2.75, 3.05) is 12.4 Å². The predicted molar refractivity (Wildman–Crippen MR) is 95.0 cm³/mol. The summed E-state index contributed by atoms with van der Waals surface area (Å²) in [6, 6.07) is 6.56. The van der Waals surface area contributed by atoms with Crippen LogP contribution in [0.4, 0.5) is 5.69 Å². The fraction of sp³-hybridized carbons (Fsp3) is 0.278. The summed E-state index contributed by atoms with van der Waals surface area (Å²) >= 11 is 0. The van der Waals surface area contributed by atoms with Crippen LogP contribution in [-0.2, 0) is 16.0 Å². The number of ether oxygens (including phenoxy) is 1. The minimum Gasteiger partial charge on any atom is -0.465 e. The van der Waals surface area contributed by atoms with Gasteiger partial charge in [-0.25, -0.2) is 9.31 Å². The van der Waals surface area contributed by atoms with Crippen molar-refractivity contribution in [3.63, 3.8) is 0 Å². The number of esters is 1. The lowest BCUT2D eigenvalue weighted by Crippen LogP contribution is -2.14. The van der Waals surface area contributed by atoms with Crippen molar-refractivity contribution in [2.45, 2.75) is 26.7 Å². The number of fused-ring (bicyclic) bond motifs is 1. The summed E-state index contributed by atoms with van der Waals surface area (Å²) in [6.07, 6.45) is 2.43. The molecule has 0 fully saturated rings. The molecule has 8 nitrogen and oxygen atoms in total. The Hall–Kier alpha value is -3.29. The first kappa shape index (κ1) is 17.5. The van der Waals surface area contributed by atoms with E-state index in [0.29, 0.717) is 29.7 Å². The highest BCUT2D eigenvalue weighted by Crippen LogP contribution is 2.18. The minimum absolute atomic E-state index is 0.115. The number of carbonyl (C=O) groups excluding carboxylic acids is 2. The van der Waals surface area contributed by atoms with E-state index in [1.165, 1.54) is 7.11 Å². The molecule has 1 amide bonds. The molecule has 0 aliphatic rings. The van der Waals surface area contributed by atoms with Gasteiger partial charge in [-0.3, -0.25) is 4.79 Å². The second-order valence-corrected chi connectivity index (χ2v) is 5.91. The van der Waals surface area contributed by atoms with Gasteiger partial charge in [0.15, 0.2) is 5.65 Å². The number of methoxy groups -OCH3 is 1. The van der Waals surface area contributed by atoms with E-state index in [1.54, 1.807) is 35.1 Å². The second kappa shape index (κ2) is 7.30. The summed E-state index contributed by atoms with van der Waals surface area (Å²) in [5.41, 5.74) is 4.59. The number of aromatic nitrogens is 4. The molecule has 0 unspecified atom stereocenters. The highest BCUT2D eigenvalue weighted by Gasteiger charge is 2.13. The third-order valence-corrected chi connectivity index (χ3v) is 4.20. The average molecular weight is 353 g/mol. The molecular weight excluding hydrogens is 334 g/mol. The van der Waals surface area contributed by atoms with Gasteiger partial charge >= 0.3 is 5.97 Å². The lowest BCUT2D eigenvalue weighted by Gasteiger charge is -2.10. The SMILES string of the molecule is COC(=O)c1ccc(NC(=O)CCc2c(C)nn3cnnc3c2C)cc1. The van der Waals surface area contributed by atoms with E-state index in [2.05, 4.69) is 25.3 Å².